The Balaban J connectivity index is 2.21. The van der Waals surface area contributed by atoms with Crippen molar-refractivity contribution < 1.29 is 29.4 Å². The zero-order chi connectivity index (χ0) is 26.1. The highest BCUT2D eigenvalue weighted by Gasteiger charge is 2.30. The Bertz CT molecular complexity index is 1040. The molecule has 0 fully saturated rings. The number of aliphatic hydroxyl groups excluding tert-OH is 1. The van der Waals surface area contributed by atoms with Crippen LogP contribution in [0.25, 0.3) is 10.9 Å². The molecule has 2 rings (SSSR count). The Morgan fingerprint density at radius 2 is 1.60 bits per heavy atom. The Labute approximate surface area is 208 Å². The van der Waals surface area contributed by atoms with Crippen molar-refractivity contribution in [3.05, 3.63) is 36.0 Å². The number of aliphatic hydroxyl groups is 1. The van der Waals surface area contributed by atoms with Crippen LogP contribution in [0.15, 0.2) is 30.5 Å². The molecule has 12 heteroatoms. The molecular weight excluding hydrogens is 474 g/mol. The van der Waals surface area contributed by atoms with E-state index in [1.165, 1.54) is 0 Å². The average molecular weight is 508 g/mol. The zero-order valence-corrected chi connectivity index (χ0v) is 20.5. The Hall–Kier alpha value is -3.09. The number of amides is 3. The van der Waals surface area contributed by atoms with E-state index in [0.717, 1.165) is 16.5 Å². The molecule has 1 aromatic heterocycles. The van der Waals surface area contributed by atoms with Crippen LogP contribution in [0.2, 0.25) is 0 Å². The first kappa shape index (κ1) is 28.1. The second kappa shape index (κ2) is 13.1. The molecule has 8 N–H and O–H groups in total. The fourth-order valence-electron chi connectivity index (χ4n) is 3.52. The van der Waals surface area contributed by atoms with Crippen LogP contribution in [-0.4, -0.2) is 75.4 Å². The Morgan fingerprint density at radius 3 is 2.20 bits per heavy atom. The molecule has 0 spiro atoms. The predicted octanol–water partition coefficient (Wildman–Crippen LogP) is -0.455. The van der Waals surface area contributed by atoms with Gasteiger partial charge in [-0.3, -0.25) is 14.4 Å². The number of nitrogens with two attached hydrogens (primary N) is 1. The lowest BCUT2D eigenvalue weighted by molar-refractivity contribution is -0.143. The van der Waals surface area contributed by atoms with Crippen molar-refractivity contribution in [1.29, 1.82) is 0 Å². The summed E-state index contributed by atoms with van der Waals surface area (Å²) in [5, 5.41) is 27.3. The molecule has 2 aromatic rings. The summed E-state index contributed by atoms with van der Waals surface area (Å²) in [6.07, 6.45) is 1.97. The van der Waals surface area contributed by atoms with Crippen molar-refractivity contribution in [2.45, 2.75) is 50.9 Å². The molecule has 0 bridgehead atoms. The number of para-hydroxylation sites is 1. The van der Waals surface area contributed by atoms with Crippen LogP contribution >= 0.6 is 12.6 Å². The quantitative estimate of drug-likeness (QED) is 0.169. The van der Waals surface area contributed by atoms with Gasteiger partial charge in [0.25, 0.3) is 0 Å². The highest BCUT2D eigenvalue weighted by atomic mass is 32.1. The zero-order valence-electron chi connectivity index (χ0n) is 19.7. The molecule has 0 aliphatic carbocycles. The summed E-state index contributed by atoms with van der Waals surface area (Å²) in [7, 11) is 0. The van der Waals surface area contributed by atoms with Crippen molar-refractivity contribution in [1.82, 2.24) is 20.9 Å². The van der Waals surface area contributed by atoms with E-state index in [4.69, 9.17) is 5.73 Å². The molecule has 0 aliphatic heterocycles. The SMILES string of the molecule is CC(C)C[C@H](NC(=O)[C@H](CO)NC(=O)[C@H](Cc1c[nH]c2ccccc12)NC(=O)[C@@H](N)CS)C(=O)O. The van der Waals surface area contributed by atoms with Crippen LogP contribution < -0.4 is 21.7 Å². The summed E-state index contributed by atoms with van der Waals surface area (Å²) in [5.41, 5.74) is 7.33. The number of H-pyrrole nitrogens is 1. The second-order valence-corrected chi connectivity index (χ2v) is 9.05. The minimum absolute atomic E-state index is 0.00891. The van der Waals surface area contributed by atoms with Gasteiger partial charge in [-0.25, -0.2) is 4.79 Å². The van der Waals surface area contributed by atoms with Crippen LogP contribution in [0.1, 0.15) is 25.8 Å². The number of fused-ring (bicyclic) bond motifs is 1. The largest absolute Gasteiger partial charge is 0.480 e. The first-order chi connectivity index (χ1) is 16.6. The third kappa shape index (κ3) is 7.98. The molecule has 0 unspecified atom stereocenters. The molecule has 3 amide bonds. The number of benzene rings is 1. The van der Waals surface area contributed by atoms with Crippen LogP contribution in [-0.2, 0) is 25.6 Å². The molecule has 1 heterocycles. The lowest BCUT2D eigenvalue weighted by Crippen LogP contribution is -2.58. The van der Waals surface area contributed by atoms with Crippen molar-refractivity contribution >= 4 is 47.2 Å². The molecular formula is C23H33N5O6S. The molecule has 4 atom stereocenters. The van der Waals surface area contributed by atoms with Gasteiger partial charge in [-0.05, 0) is 24.0 Å². The van der Waals surface area contributed by atoms with E-state index in [9.17, 15) is 29.4 Å². The standard InChI is InChI=1S/C23H33N5O6S/c1-12(2)7-18(23(33)34)27-22(32)19(10-29)28-21(31)17(26-20(30)15(24)11-35)8-13-9-25-16-6-4-3-5-14(13)16/h3-6,9,12,15,17-19,25,29,35H,7-8,10-11,24H2,1-2H3,(H,26,30)(H,27,32)(H,28,31)(H,33,34)/t15-,17-,18-,19-/m0/s1. The smallest absolute Gasteiger partial charge is 0.326 e. The number of nitrogens with one attached hydrogen (secondary N) is 4. The van der Waals surface area contributed by atoms with Crippen LogP contribution in [0, 0.1) is 5.92 Å². The van der Waals surface area contributed by atoms with Gasteiger partial charge in [0.1, 0.15) is 18.1 Å². The third-order valence-corrected chi connectivity index (χ3v) is 5.80. The van der Waals surface area contributed by atoms with Gasteiger partial charge in [-0.2, -0.15) is 12.6 Å². The number of aliphatic carboxylic acids is 1. The fourth-order valence-corrected chi connectivity index (χ4v) is 3.69. The Morgan fingerprint density at radius 1 is 1.00 bits per heavy atom. The summed E-state index contributed by atoms with van der Waals surface area (Å²) in [6.45, 7) is 2.84. The van der Waals surface area contributed by atoms with E-state index < -0.39 is 54.5 Å². The fraction of sp³-hybridized carbons (Fsp3) is 0.478. The average Bonchev–Trinajstić information content (AvgIpc) is 3.23. The van der Waals surface area contributed by atoms with Gasteiger partial charge in [-0.1, -0.05) is 32.0 Å². The number of aromatic nitrogens is 1. The lowest BCUT2D eigenvalue weighted by Gasteiger charge is -2.24. The van der Waals surface area contributed by atoms with Gasteiger partial charge in [0.15, 0.2) is 0 Å². The highest BCUT2D eigenvalue weighted by Crippen LogP contribution is 2.19. The molecule has 192 valence electrons. The molecule has 35 heavy (non-hydrogen) atoms. The van der Waals surface area contributed by atoms with E-state index in [1.54, 1.807) is 20.0 Å². The van der Waals surface area contributed by atoms with Gasteiger partial charge >= 0.3 is 5.97 Å². The molecule has 0 saturated heterocycles. The van der Waals surface area contributed by atoms with Gasteiger partial charge < -0.3 is 36.9 Å². The number of rotatable bonds is 13. The molecule has 0 aliphatic rings. The lowest BCUT2D eigenvalue weighted by atomic mass is 10.0. The van der Waals surface area contributed by atoms with Crippen LogP contribution in [0.5, 0.6) is 0 Å². The summed E-state index contributed by atoms with van der Waals surface area (Å²) in [4.78, 5) is 52.7. The minimum atomic E-state index is -1.42. The first-order valence-corrected chi connectivity index (χ1v) is 11.9. The number of aromatic amines is 1. The molecule has 0 saturated carbocycles. The molecule has 11 nitrogen and oxygen atoms in total. The van der Waals surface area contributed by atoms with Crippen LogP contribution in [0.3, 0.4) is 0 Å². The maximum atomic E-state index is 13.1. The second-order valence-electron chi connectivity index (χ2n) is 8.69. The predicted molar refractivity (Wildman–Crippen MR) is 134 cm³/mol. The summed E-state index contributed by atoms with van der Waals surface area (Å²) in [5.74, 6) is -3.36. The van der Waals surface area contributed by atoms with Crippen molar-refractivity contribution in [3.8, 4) is 0 Å². The Kier molecular flexibility index (Phi) is 10.6. The summed E-state index contributed by atoms with van der Waals surface area (Å²) in [6, 6.07) is 2.75. The van der Waals surface area contributed by atoms with E-state index >= 15 is 0 Å². The maximum absolute atomic E-state index is 13.1. The number of carbonyl (C=O) groups is 4. The van der Waals surface area contributed by atoms with Gasteiger partial charge in [0, 0.05) is 29.3 Å². The summed E-state index contributed by atoms with van der Waals surface area (Å²) >= 11 is 4.01. The number of carbonyl (C=O) groups excluding carboxylic acids is 3. The van der Waals surface area contributed by atoms with Crippen molar-refractivity contribution in [2.24, 2.45) is 11.7 Å². The monoisotopic (exact) mass is 507 g/mol. The van der Waals surface area contributed by atoms with Gasteiger partial charge in [0.05, 0.1) is 12.6 Å². The molecule has 0 radical (unpaired) electrons. The first-order valence-electron chi connectivity index (χ1n) is 11.2. The number of thiol groups is 1. The number of carboxylic acids is 1. The van der Waals surface area contributed by atoms with Crippen molar-refractivity contribution in [2.75, 3.05) is 12.4 Å². The van der Waals surface area contributed by atoms with E-state index in [-0.39, 0.29) is 24.5 Å². The number of carboxylic acid groups (broad SMARTS) is 1. The van der Waals surface area contributed by atoms with E-state index in [0.29, 0.717) is 0 Å². The van der Waals surface area contributed by atoms with Gasteiger partial charge in [-0.15, -0.1) is 0 Å². The van der Waals surface area contributed by atoms with Gasteiger partial charge in [0.2, 0.25) is 17.7 Å². The van der Waals surface area contributed by atoms with E-state index in [2.05, 4.69) is 33.6 Å². The number of hydrogen-bond acceptors (Lipinski definition) is 7. The third-order valence-electron chi connectivity index (χ3n) is 5.40. The summed E-state index contributed by atoms with van der Waals surface area (Å²) < 4.78 is 0. The van der Waals surface area contributed by atoms with Crippen molar-refractivity contribution in [3.63, 3.8) is 0 Å². The normalized spacial score (nSPS) is 14.7. The van der Waals surface area contributed by atoms with Crippen LogP contribution in [0.4, 0.5) is 0 Å². The minimum Gasteiger partial charge on any atom is -0.480 e. The topological polar surface area (TPSA) is 187 Å². The molecule has 1 aromatic carbocycles. The highest BCUT2D eigenvalue weighted by molar-refractivity contribution is 7.80. The maximum Gasteiger partial charge on any atom is 0.326 e. The van der Waals surface area contributed by atoms with E-state index in [1.807, 2.05) is 24.3 Å². The number of hydrogen-bond donors (Lipinski definition) is 8.